The Labute approximate surface area is 201 Å². The topological polar surface area (TPSA) is 105 Å². The molecule has 3 N–H and O–H groups in total. The van der Waals surface area contributed by atoms with Crippen molar-refractivity contribution in [2.24, 2.45) is 11.8 Å². The van der Waals surface area contributed by atoms with Gasteiger partial charge in [-0.05, 0) is 46.9 Å². The van der Waals surface area contributed by atoms with Crippen molar-refractivity contribution in [1.29, 1.82) is 0 Å². The first kappa shape index (κ1) is 24.6. The van der Waals surface area contributed by atoms with Crippen molar-refractivity contribution in [1.82, 2.24) is 10.6 Å². The van der Waals surface area contributed by atoms with E-state index in [-0.39, 0.29) is 37.3 Å². The molecular weight excluding hydrogens is 458 g/mol. The van der Waals surface area contributed by atoms with Gasteiger partial charge in [-0.3, -0.25) is 9.59 Å². The predicted octanol–water partition coefficient (Wildman–Crippen LogP) is 4.17. The lowest BCUT2D eigenvalue weighted by atomic mass is 9.73. The van der Waals surface area contributed by atoms with Gasteiger partial charge in [0.1, 0.15) is 12.6 Å². The molecule has 2 aliphatic carbocycles. The summed E-state index contributed by atoms with van der Waals surface area (Å²) in [5, 5.41) is 13.7. The lowest BCUT2D eigenvalue weighted by Crippen LogP contribution is -2.49. The average Bonchev–Trinajstić information content (AvgIpc) is 3.11. The van der Waals surface area contributed by atoms with Crippen molar-refractivity contribution in [3.05, 3.63) is 59.7 Å². The smallest absolute Gasteiger partial charge is 0.407 e. The minimum Gasteiger partial charge on any atom is -0.481 e. The SMILES string of the molecule is O=C(O)CC1CC(CNC(=O)C(CC(F)F)NC(=O)OCC2c3ccccc3-c3ccccc32)C1. The molecular formula is C26H28F2N2O5. The van der Waals surface area contributed by atoms with Crippen LogP contribution in [0.5, 0.6) is 0 Å². The van der Waals surface area contributed by atoms with E-state index in [1.807, 2.05) is 48.5 Å². The van der Waals surface area contributed by atoms with E-state index in [4.69, 9.17) is 9.84 Å². The number of fused-ring (bicyclic) bond motifs is 3. The van der Waals surface area contributed by atoms with Gasteiger partial charge in [-0.25, -0.2) is 13.6 Å². The molecule has 1 unspecified atom stereocenters. The summed E-state index contributed by atoms with van der Waals surface area (Å²) in [4.78, 5) is 35.7. The molecule has 1 fully saturated rings. The van der Waals surface area contributed by atoms with Crippen LogP contribution in [0.2, 0.25) is 0 Å². The monoisotopic (exact) mass is 486 g/mol. The fourth-order valence-corrected chi connectivity index (χ4v) is 5.01. The van der Waals surface area contributed by atoms with Gasteiger partial charge in [-0.2, -0.15) is 0 Å². The van der Waals surface area contributed by atoms with Crippen LogP contribution in [0.15, 0.2) is 48.5 Å². The molecule has 2 aromatic rings. The molecule has 0 radical (unpaired) electrons. The second kappa shape index (κ2) is 10.8. The van der Waals surface area contributed by atoms with E-state index < -0.39 is 36.9 Å². The van der Waals surface area contributed by atoms with Crippen LogP contribution in [-0.4, -0.2) is 48.7 Å². The fourth-order valence-electron chi connectivity index (χ4n) is 5.01. The number of alkyl halides is 2. The second-order valence-electron chi connectivity index (χ2n) is 9.20. The third-order valence-electron chi connectivity index (χ3n) is 6.73. The number of carbonyl (C=O) groups is 3. The zero-order valence-corrected chi connectivity index (χ0v) is 19.1. The summed E-state index contributed by atoms with van der Waals surface area (Å²) in [7, 11) is 0. The van der Waals surface area contributed by atoms with Gasteiger partial charge >= 0.3 is 12.1 Å². The Morgan fingerprint density at radius 2 is 1.57 bits per heavy atom. The number of rotatable bonds is 10. The Morgan fingerprint density at radius 1 is 0.971 bits per heavy atom. The number of halogens is 2. The summed E-state index contributed by atoms with van der Waals surface area (Å²) in [6.07, 6.45) is -3.15. The molecule has 0 heterocycles. The molecule has 9 heteroatoms. The Kier molecular flexibility index (Phi) is 7.63. The van der Waals surface area contributed by atoms with Crippen molar-refractivity contribution in [3.63, 3.8) is 0 Å². The van der Waals surface area contributed by atoms with Crippen LogP contribution in [0.1, 0.15) is 42.7 Å². The molecule has 4 rings (SSSR count). The Hall–Kier alpha value is -3.49. The number of aliphatic carboxylic acids is 1. The second-order valence-corrected chi connectivity index (χ2v) is 9.20. The first-order valence-electron chi connectivity index (χ1n) is 11.7. The lowest BCUT2D eigenvalue weighted by molar-refractivity contribution is -0.139. The summed E-state index contributed by atoms with van der Waals surface area (Å²) in [5.74, 6) is -1.58. The molecule has 2 aromatic carbocycles. The maximum Gasteiger partial charge on any atom is 0.407 e. The molecule has 0 saturated heterocycles. The number of benzene rings is 2. The van der Waals surface area contributed by atoms with E-state index in [2.05, 4.69) is 10.6 Å². The fraction of sp³-hybridized carbons (Fsp3) is 0.423. The zero-order chi connectivity index (χ0) is 24.9. The Morgan fingerprint density at radius 3 is 2.14 bits per heavy atom. The third-order valence-corrected chi connectivity index (χ3v) is 6.73. The van der Waals surface area contributed by atoms with Crippen LogP contribution < -0.4 is 10.6 Å². The molecule has 0 aromatic heterocycles. The van der Waals surface area contributed by atoms with E-state index >= 15 is 0 Å². The van der Waals surface area contributed by atoms with E-state index in [1.54, 1.807) is 0 Å². The van der Waals surface area contributed by atoms with Crippen LogP contribution in [0.3, 0.4) is 0 Å². The molecule has 35 heavy (non-hydrogen) atoms. The molecule has 2 aliphatic rings. The average molecular weight is 487 g/mol. The van der Waals surface area contributed by atoms with Gasteiger partial charge in [-0.1, -0.05) is 48.5 Å². The first-order chi connectivity index (χ1) is 16.8. The van der Waals surface area contributed by atoms with Gasteiger partial charge in [-0.15, -0.1) is 0 Å². The number of carboxylic acids is 1. The van der Waals surface area contributed by atoms with E-state index in [0.29, 0.717) is 12.8 Å². The first-order valence-corrected chi connectivity index (χ1v) is 11.7. The Bertz CT molecular complexity index is 1040. The van der Waals surface area contributed by atoms with E-state index in [1.165, 1.54) is 0 Å². The van der Waals surface area contributed by atoms with Gasteiger partial charge in [0.2, 0.25) is 12.3 Å². The molecule has 0 spiro atoms. The normalized spacial score (nSPS) is 19.3. The van der Waals surface area contributed by atoms with Crippen molar-refractivity contribution in [2.75, 3.05) is 13.2 Å². The molecule has 0 aliphatic heterocycles. The molecule has 7 nitrogen and oxygen atoms in total. The van der Waals surface area contributed by atoms with Gasteiger partial charge in [0.15, 0.2) is 0 Å². The van der Waals surface area contributed by atoms with Gasteiger partial charge in [0.25, 0.3) is 0 Å². The van der Waals surface area contributed by atoms with Crippen LogP contribution in [0.4, 0.5) is 13.6 Å². The number of ether oxygens (including phenoxy) is 1. The predicted molar refractivity (Wildman–Crippen MR) is 124 cm³/mol. The summed E-state index contributed by atoms with van der Waals surface area (Å²) in [6, 6.07) is 14.2. The number of hydrogen-bond donors (Lipinski definition) is 3. The third kappa shape index (κ3) is 5.96. The number of nitrogens with one attached hydrogen (secondary N) is 2. The van der Waals surface area contributed by atoms with Gasteiger partial charge in [0.05, 0.1) is 0 Å². The number of carbonyl (C=O) groups excluding carboxylic acids is 2. The molecule has 1 saturated carbocycles. The summed E-state index contributed by atoms with van der Waals surface area (Å²) >= 11 is 0. The van der Waals surface area contributed by atoms with Crippen molar-refractivity contribution in [3.8, 4) is 11.1 Å². The quantitative estimate of drug-likeness (QED) is 0.468. The van der Waals surface area contributed by atoms with Crippen molar-refractivity contribution >= 4 is 18.0 Å². The van der Waals surface area contributed by atoms with E-state index in [9.17, 15) is 23.2 Å². The number of carboxylic acid groups (broad SMARTS) is 1. The van der Waals surface area contributed by atoms with Gasteiger partial charge in [0, 0.05) is 25.3 Å². The number of amides is 2. The minimum atomic E-state index is -2.79. The highest BCUT2D eigenvalue weighted by molar-refractivity contribution is 5.85. The van der Waals surface area contributed by atoms with Crippen LogP contribution in [0.25, 0.3) is 11.1 Å². The molecule has 1 atom stereocenters. The number of alkyl carbamates (subject to hydrolysis) is 1. The number of hydrogen-bond acceptors (Lipinski definition) is 4. The van der Waals surface area contributed by atoms with E-state index in [0.717, 1.165) is 22.3 Å². The summed E-state index contributed by atoms with van der Waals surface area (Å²) in [6.45, 7) is 0.261. The highest BCUT2D eigenvalue weighted by Gasteiger charge is 2.33. The van der Waals surface area contributed by atoms with Crippen molar-refractivity contribution in [2.45, 2.75) is 44.1 Å². The van der Waals surface area contributed by atoms with Crippen molar-refractivity contribution < 1.29 is 33.0 Å². The molecule has 0 bridgehead atoms. The molecule has 186 valence electrons. The summed E-state index contributed by atoms with van der Waals surface area (Å²) in [5.41, 5.74) is 4.16. The highest BCUT2D eigenvalue weighted by Crippen LogP contribution is 2.44. The maximum absolute atomic E-state index is 13.1. The molecule has 2 amide bonds. The Balaban J connectivity index is 1.30. The van der Waals surface area contributed by atoms with Crippen LogP contribution >= 0.6 is 0 Å². The standard InChI is InChI=1S/C26H28F2N2O5/c27-23(28)12-22(25(33)29-13-16-9-15(10-16)11-24(31)32)30-26(34)35-14-21-19-7-3-1-5-17(19)18-6-2-4-8-20(18)21/h1-8,15-16,21-23H,9-14H2,(H,29,33)(H,30,34)(H,31,32). The maximum atomic E-state index is 13.1. The van der Waals surface area contributed by atoms with Crippen LogP contribution in [-0.2, 0) is 14.3 Å². The minimum absolute atomic E-state index is 0.00984. The largest absolute Gasteiger partial charge is 0.481 e. The van der Waals surface area contributed by atoms with Gasteiger partial charge < -0.3 is 20.5 Å². The lowest BCUT2D eigenvalue weighted by Gasteiger charge is -2.34. The zero-order valence-electron chi connectivity index (χ0n) is 19.1. The van der Waals surface area contributed by atoms with Crippen LogP contribution in [0, 0.1) is 11.8 Å². The highest BCUT2D eigenvalue weighted by atomic mass is 19.3. The summed E-state index contributed by atoms with van der Waals surface area (Å²) < 4.78 is 31.5.